The SMILES string of the molecule is CCOc1cc(Cl)c(C(O)C2CCCO2)cc1OCC. The Labute approximate surface area is 124 Å². The van der Waals surface area contributed by atoms with Gasteiger partial charge in [0.25, 0.3) is 0 Å². The molecule has 1 aliphatic rings. The van der Waals surface area contributed by atoms with Crippen molar-refractivity contribution in [2.24, 2.45) is 0 Å². The van der Waals surface area contributed by atoms with E-state index in [0.29, 0.717) is 41.9 Å². The summed E-state index contributed by atoms with van der Waals surface area (Å²) in [6, 6.07) is 3.45. The molecule has 4 nitrogen and oxygen atoms in total. The quantitative estimate of drug-likeness (QED) is 0.875. The first kappa shape index (κ1) is 15.4. The molecule has 1 aromatic carbocycles. The van der Waals surface area contributed by atoms with E-state index in [1.54, 1.807) is 12.1 Å². The van der Waals surface area contributed by atoms with Gasteiger partial charge in [-0.05, 0) is 32.8 Å². The average Bonchev–Trinajstić information content (AvgIpc) is 2.95. The smallest absolute Gasteiger partial charge is 0.162 e. The zero-order valence-electron chi connectivity index (χ0n) is 11.9. The molecule has 2 unspecified atom stereocenters. The summed E-state index contributed by atoms with van der Waals surface area (Å²) >= 11 is 6.26. The van der Waals surface area contributed by atoms with Crippen molar-refractivity contribution < 1.29 is 19.3 Å². The van der Waals surface area contributed by atoms with Crippen LogP contribution in [0.4, 0.5) is 0 Å². The lowest BCUT2D eigenvalue weighted by Crippen LogP contribution is -2.17. The van der Waals surface area contributed by atoms with Gasteiger partial charge >= 0.3 is 0 Å². The number of hydrogen-bond donors (Lipinski definition) is 1. The van der Waals surface area contributed by atoms with E-state index in [0.717, 1.165) is 12.8 Å². The molecule has 0 aliphatic carbocycles. The molecule has 1 N–H and O–H groups in total. The van der Waals surface area contributed by atoms with E-state index in [9.17, 15) is 5.11 Å². The van der Waals surface area contributed by atoms with Crippen LogP contribution in [0.25, 0.3) is 0 Å². The molecule has 0 saturated carbocycles. The number of rotatable bonds is 6. The molecule has 20 heavy (non-hydrogen) atoms. The summed E-state index contributed by atoms with van der Waals surface area (Å²) in [4.78, 5) is 0. The first-order chi connectivity index (χ1) is 9.67. The monoisotopic (exact) mass is 300 g/mol. The summed E-state index contributed by atoms with van der Waals surface area (Å²) in [7, 11) is 0. The standard InChI is InChI=1S/C15H21ClO4/c1-3-18-13-8-10(11(16)9-14(13)19-4-2)15(17)12-6-5-7-20-12/h8-9,12,15,17H,3-7H2,1-2H3. The maximum Gasteiger partial charge on any atom is 0.162 e. The van der Waals surface area contributed by atoms with Crippen molar-refractivity contribution in [3.63, 3.8) is 0 Å². The van der Waals surface area contributed by atoms with Crippen LogP contribution in [0.1, 0.15) is 38.4 Å². The van der Waals surface area contributed by atoms with Crippen LogP contribution >= 0.6 is 11.6 Å². The summed E-state index contributed by atoms with van der Waals surface area (Å²) in [5.41, 5.74) is 0.630. The van der Waals surface area contributed by atoms with Gasteiger partial charge in [0.05, 0.1) is 24.3 Å². The summed E-state index contributed by atoms with van der Waals surface area (Å²) in [6.45, 7) is 5.55. The lowest BCUT2D eigenvalue weighted by molar-refractivity contribution is -0.00266. The van der Waals surface area contributed by atoms with Crippen LogP contribution in [-0.4, -0.2) is 31.0 Å². The van der Waals surface area contributed by atoms with E-state index < -0.39 is 6.10 Å². The summed E-state index contributed by atoms with van der Waals surface area (Å²) in [5, 5.41) is 10.9. The minimum atomic E-state index is -0.736. The van der Waals surface area contributed by atoms with E-state index in [2.05, 4.69) is 0 Å². The molecule has 112 valence electrons. The van der Waals surface area contributed by atoms with Gasteiger partial charge in [0, 0.05) is 18.2 Å². The molecule has 0 spiro atoms. The van der Waals surface area contributed by atoms with Crippen molar-refractivity contribution in [1.82, 2.24) is 0 Å². The van der Waals surface area contributed by atoms with E-state index in [1.165, 1.54) is 0 Å². The topological polar surface area (TPSA) is 47.9 Å². The van der Waals surface area contributed by atoms with Gasteiger partial charge in [0.1, 0.15) is 6.10 Å². The Bertz CT molecular complexity index is 444. The highest BCUT2D eigenvalue weighted by atomic mass is 35.5. The molecule has 1 aromatic rings. The van der Waals surface area contributed by atoms with Crippen molar-refractivity contribution in [2.45, 2.75) is 38.9 Å². The van der Waals surface area contributed by atoms with Gasteiger partial charge in [-0.25, -0.2) is 0 Å². The Morgan fingerprint density at radius 1 is 1.30 bits per heavy atom. The summed E-state index contributed by atoms with van der Waals surface area (Å²) in [6.07, 6.45) is 0.878. The van der Waals surface area contributed by atoms with Crippen LogP contribution in [0.5, 0.6) is 11.5 Å². The van der Waals surface area contributed by atoms with Gasteiger partial charge in [0.2, 0.25) is 0 Å². The first-order valence-electron chi connectivity index (χ1n) is 7.06. The normalized spacial score (nSPS) is 19.9. The highest BCUT2D eigenvalue weighted by molar-refractivity contribution is 6.31. The van der Waals surface area contributed by atoms with Gasteiger partial charge in [-0.15, -0.1) is 0 Å². The summed E-state index contributed by atoms with van der Waals surface area (Å²) in [5.74, 6) is 1.20. The fourth-order valence-corrected chi connectivity index (χ4v) is 2.63. The molecular weight excluding hydrogens is 280 g/mol. The minimum absolute atomic E-state index is 0.195. The second-order valence-corrected chi connectivity index (χ2v) is 5.09. The number of aliphatic hydroxyl groups excluding tert-OH is 1. The first-order valence-corrected chi connectivity index (χ1v) is 7.43. The molecule has 2 rings (SSSR count). The van der Waals surface area contributed by atoms with Crippen LogP contribution in [-0.2, 0) is 4.74 Å². The van der Waals surface area contributed by atoms with Crippen LogP contribution < -0.4 is 9.47 Å². The molecule has 0 amide bonds. The fourth-order valence-electron chi connectivity index (χ4n) is 2.37. The van der Waals surface area contributed by atoms with Crippen LogP contribution in [0.2, 0.25) is 5.02 Å². The molecule has 2 atom stereocenters. The molecule has 1 saturated heterocycles. The summed E-state index contributed by atoms with van der Waals surface area (Å²) < 4.78 is 16.6. The predicted molar refractivity (Wildman–Crippen MR) is 77.7 cm³/mol. The predicted octanol–water partition coefficient (Wildman–Crippen LogP) is 3.35. The molecule has 0 bridgehead atoms. The third-order valence-electron chi connectivity index (χ3n) is 3.30. The van der Waals surface area contributed by atoms with Crippen LogP contribution in [0.15, 0.2) is 12.1 Å². The minimum Gasteiger partial charge on any atom is -0.490 e. The average molecular weight is 301 g/mol. The number of hydrogen-bond acceptors (Lipinski definition) is 4. The van der Waals surface area contributed by atoms with Crippen molar-refractivity contribution in [1.29, 1.82) is 0 Å². The fraction of sp³-hybridized carbons (Fsp3) is 0.600. The van der Waals surface area contributed by atoms with Gasteiger partial charge in [-0.3, -0.25) is 0 Å². The Kier molecular flexibility index (Phi) is 5.52. The Hall–Kier alpha value is -0.970. The molecule has 5 heteroatoms. The van der Waals surface area contributed by atoms with Gasteiger partial charge in [0.15, 0.2) is 11.5 Å². The second-order valence-electron chi connectivity index (χ2n) is 4.68. The van der Waals surface area contributed by atoms with E-state index >= 15 is 0 Å². The zero-order chi connectivity index (χ0) is 14.5. The molecule has 1 aliphatic heterocycles. The zero-order valence-corrected chi connectivity index (χ0v) is 12.7. The molecule has 0 radical (unpaired) electrons. The number of halogens is 1. The molecule has 1 heterocycles. The third kappa shape index (κ3) is 3.37. The van der Waals surface area contributed by atoms with Gasteiger partial charge in [-0.2, -0.15) is 0 Å². The number of ether oxygens (including phenoxy) is 3. The van der Waals surface area contributed by atoms with Gasteiger partial charge in [-0.1, -0.05) is 11.6 Å². The van der Waals surface area contributed by atoms with E-state index in [-0.39, 0.29) is 6.10 Å². The van der Waals surface area contributed by atoms with Crippen molar-refractivity contribution in [2.75, 3.05) is 19.8 Å². The van der Waals surface area contributed by atoms with E-state index in [1.807, 2.05) is 13.8 Å². The van der Waals surface area contributed by atoms with Crippen LogP contribution in [0, 0.1) is 0 Å². The third-order valence-corrected chi connectivity index (χ3v) is 3.63. The Morgan fingerprint density at radius 3 is 2.50 bits per heavy atom. The maximum absolute atomic E-state index is 10.4. The van der Waals surface area contributed by atoms with Crippen molar-refractivity contribution in [3.05, 3.63) is 22.7 Å². The lowest BCUT2D eigenvalue weighted by atomic mass is 10.0. The number of aliphatic hydroxyl groups is 1. The van der Waals surface area contributed by atoms with Crippen molar-refractivity contribution in [3.8, 4) is 11.5 Å². The lowest BCUT2D eigenvalue weighted by Gasteiger charge is -2.21. The Balaban J connectivity index is 2.29. The van der Waals surface area contributed by atoms with Crippen molar-refractivity contribution >= 4 is 11.6 Å². The molecular formula is C15H21ClO4. The largest absolute Gasteiger partial charge is 0.490 e. The highest BCUT2D eigenvalue weighted by Crippen LogP contribution is 2.39. The second kappa shape index (κ2) is 7.16. The molecule has 1 fully saturated rings. The Morgan fingerprint density at radius 2 is 1.95 bits per heavy atom. The molecule has 0 aromatic heterocycles. The highest BCUT2D eigenvalue weighted by Gasteiger charge is 2.28. The van der Waals surface area contributed by atoms with Crippen LogP contribution in [0.3, 0.4) is 0 Å². The van der Waals surface area contributed by atoms with E-state index in [4.69, 9.17) is 25.8 Å². The maximum atomic E-state index is 10.4. The number of benzene rings is 1. The van der Waals surface area contributed by atoms with Gasteiger partial charge < -0.3 is 19.3 Å².